The summed E-state index contributed by atoms with van der Waals surface area (Å²) in [4.78, 5) is 25.3. The van der Waals surface area contributed by atoms with Gasteiger partial charge in [-0.1, -0.05) is 11.6 Å². The second-order valence-corrected chi connectivity index (χ2v) is 5.02. The van der Waals surface area contributed by atoms with Crippen LogP contribution in [-0.2, 0) is 9.59 Å². The Morgan fingerprint density at radius 1 is 1.55 bits per heavy atom. The summed E-state index contributed by atoms with van der Waals surface area (Å²) in [6, 6.07) is 5.69. The number of amides is 1. The first kappa shape index (κ1) is 14.5. The number of hydrogen-bond acceptors (Lipinski definition) is 3. The molecular weight excluding hydrogens is 283 g/mol. The number of carbonyl (C=O) groups is 2. The lowest BCUT2D eigenvalue weighted by Gasteiger charge is -2.31. The van der Waals surface area contributed by atoms with E-state index in [0.29, 0.717) is 24.4 Å². The van der Waals surface area contributed by atoms with Crippen molar-refractivity contribution in [2.45, 2.75) is 19.3 Å². The average Bonchev–Trinajstić information content (AvgIpc) is 2.42. The molecule has 0 spiro atoms. The van der Waals surface area contributed by atoms with Crippen LogP contribution in [0.15, 0.2) is 18.2 Å². The van der Waals surface area contributed by atoms with Gasteiger partial charge in [-0.15, -0.1) is 0 Å². The lowest BCUT2D eigenvalue weighted by Crippen LogP contribution is -2.44. The fourth-order valence-corrected chi connectivity index (χ4v) is 2.47. The number of halogens is 2. The van der Waals surface area contributed by atoms with E-state index in [4.69, 9.17) is 16.9 Å². The molecule has 1 aliphatic heterocycles. The first-order valence-corrected chi connectivity index (χ1v) is 6.58. The van der Waals surface area contributed by atoms with Crippen molar-refractivity contribution < 1.29 is 14.0 Å². The monoisotopic (exact) mass is 294 g/mol. The smallest absolute Gasteiger partial charge is 0.237 e. The van der Waals surface area contributed by atoms with Gasteiger partial charge in [0.25, 0.3) is 0 Å². The van der Waals surface area contributed by atoms with Crippen LogP contribution in [0.25, 0.3) is 0 Å². The second-order valence-electron chi connectivity index (χ2n) is 4.58. The third-order valence-corrected chi connectivity index (χ3v) is 3.51. The van der Waals surface area contributed by atoms with Gasteiger partial charge in [-0.3, -0.25) is 9.59 Å². The third-order valence-electron chi connectivity index (χ3n) is 3.28. The van der Waals surface area contributed by atoms with Crippen molar-refractivity contribution in [1.82, 2.24) is 0 Å². The van der Waals surface area contributed by atoms with Crippen LogP contribution in [-0.4, -0.2) is 18.2 Å². The molecule has 0 N–H and O–H groups in total. The van der Waals surface area contributed by atoms with Crippen molar-refractivity contribution in [3.63, 3.8) is 0 Å². The highest BCUT2D eigenvalue weighted by Gasteiger charge is 2.35. The summed E-state index contributed by atoms with van der Waals surface area (Å²) < 4.78 is 13.8. The molecule has 0 saturated carbocycles. The van der Waals surface area contributed by atoms with E-state index in [1.165, 1.54) is 23.1 Å². The number of Topliss-reactive ketones (excluding diaryl/α,β-unsaturated/α-hetero) is 1. The van der Waals surface area contributed by atoms with Gasteiger partial charge in [-0.2, -0.15) is 5.26 Å². The fourth-order valence-electron chi connectivity index (χ4n) is 2.31. The number of benzene rings is 1. The van der Waals surface area contributed by atoms with Gasteiger partial charge in [0.2, 0.25) is 5.91 Å². The van der Waals surface area contributed by atoms with Gasteiger partial charge in [-0.05, 0) is 31.0 Å². The Labute approximate surface area is 120 Å². The largest absolute Gasteiger partial charge is 0.309 e. The fraction of sp³-hybridized carbons (Fsp3) is 0.357. The topological polar surface area (TPSA) is 61.2 Å². The third kappa shape index (κ3) is 2.81. The second kappa shape index (κ2) is 6.02. The lowest BCUT2D eigenvalue weighted by molar-refractivity contribution is -0.133. The Morgan fingerprint density at radius 2 is 2.30 bits per heavy atom. The number of nitrogens with zero attached hydrogens (tertiary/aromatic N) is 2. The Hall–Kier alpha value is -1.93. The van der Waals surface area contributed by atoms with Gasteiger partial charge in [0, 0.05) is 11.6 Å². The van der Waals surface area contributed by atoms with Gasteiger partial charge in [0.1, 0.15) is 5.82 Å². The van der Waals surface area contributed by atoms with Crippen LogP contribution in [0.4, 0.5) is 10.1 Å². The molecule has 0 bridgehead atoms. The molecule has 0 unspecified atom stereocenters. The predicted octanol–water partition coefficient (Wildman–Crippen LogP) is 2.70. The SMILES string of the molecule is N#CCC(=O)[C@H]1CCCN(c2cc(Cl)ccc2F)C1=O. The standard InChI is InChI=1S/C14H12ClFN2O2/c15-9-3-4-11(16)12(8-9)18-7-1-2-10(14(18)20)13(19)5-6-17/h3-4,8,10H,1-2,5,7H2/t10-/m1/s1. The van der Waals surface area contributed by atoms with Crippen LogP contribution in [0.3, 0.4) is 0 Å². The molecule has 1 aromatic rings. The highest BCUT2D eigenvalue weighted by atomic mass is 35.5. The number of piperidine rings is 1. The van der Waals surface area contributed by atoms with Crippen LogP contribution >= 0.6 is 11.6 Å². The van der Waals surface area contributed by atoms with E-state index < -0.39 is 23.4 Å². The minimum atomic E-state index is -0.859. The van der Waals surface area contributed by atoms with Gasteiger partial charge >= 0.3 is 0 Å². The Kier molecular flexibility index (Phi) is 4.35. The van der Waals surface area contributed by atoms with Crippen molar-refractivity contribution >= 4 is 29.0 Å². The van der Waals surface area contributed by atoms with Gasteiger partial charge in [0.05, 0.1) is 24.1 Å². The molecule has 0 aromatic heterocycles. The summed E-state index contributed by atoms with van der Waals surface area (Å²) >= 11 is 5.82. The van der Waals surface area contributed by atoms with Crippen LogP contribution in [0, 0.1) is 23.1 Å². The number of carbonyl (C=O) groups excluding carboxylic acids is 2. The maximum Gasteiger partial charge on any atom is 0.237 e. The normalized spacial score (nSPS) is 18.8. The van der Waals surface area contributed by atoms with Gasteiger partial charge < -0.3 is 4.90 Å². The number of anilines is 1. The zero-order chi connectivity index (χ0) is 14.7. The first-order chi connectivity index (χ1) is 9.54. The molecule has 1 atom stereocenters. The summed E-state index contributed by atoms with van der Waals surface area (Å²) in [5.74, 6) is -2.29. The van der Waals surface area contributed by atoms with Crippen molar-refractivity contribution in [2.75, 3.05) is 11.4 Å². The summed E-state index contributed by atoms with van der Waals surface area (Å²) in [5.41, 5.74) is 0.0805. The molecule has 1 aromatic carbocycles. The quantitative estimate of drug-likeness (QED) is 0.805. The number of rotatable bonds is 3. The molecule has 6 heteroatoms. The molecule has 1 fully saturated rings. The maximum atomic E-state index is 13.8. The molecule has 0 aliphatic carbocycles. The molecule has 4 nitrogen and oxygen atoms in total. The van der Waals surface area contributed by atoms with E-state index in [-0.39, 0.29) is 12.1 Å². The summed E-state index contributed by atoms with van der Waals surface area (Å²) in [6.45, 7) is 0.340. The van der Waals surface area contributed by atoms with E-state index in [2.05, 4.69) is 0 Å². The predicted molar refractivity (Wildman–Crippen MR) is 71.7 cm³/mol. The van der Waals surface area contributed by atoms with Crippen LogP contribution in [0.2, 0.25) is 5.02 Å². The summed E-state index contributed by atoms with van der Waals surface area (Å²) in [6.07, 6.45) is 0.680. The summed E-state index contributed by atoms with van der Waals surface area (Å²) in [7, 11) is 0. The molecule has 20 heavy (non-hydrogen) atoms. The first-order valence-electron chi connectivity index (χ1n) is 6.20. The molecule has 104 valence electrons. The Morgan fingerprint density at radius 3 is 3.00 bits per heavy atom. The summed E-state index contributed by atoms with van der Waals surface area (Å²) in [5, 5.41) is 8.86. The van der Waals surface area contributed by atoms with Gasteiger partial charge in [-0.25, -0.2) is 4.39 Å². The van der Waals surface area contributed by atoms with Crippen LogP contribution in [0.5, 0.6) is 0 Å². The number of nitriles is 1. The van der Waals surface area contributed by atoms with Crippen LogP contribution in [0.1, 0.15) is 19.3 Å². The zero-order valence-corrected chi connectivity index (χ0v) is 11.4. The van der Waals surface area contributed by atoms with Crippen LogP contribution < -0.4 is 4.90 Å². The van der Waals surface area contributed by atoms with Crippen molar-refractivity contribution in [2.24, 2.45) is 5.92 Å². The molecule has 1 saturated heterocycles. The highest BCUT2D eigenvalue weighted by molar-refractivity contribution is 6.31. The van der Waals surface area contributed by atoms with Gasteiger partial charge in [0.15, 0.2) is 5.78 Å². The highest BCUT2D eigenvalue weighted by Crippen LogP contribution is 2.29. The molecule has 0 radical (unpaired) electrons. The van der Waals surface area contributed by atoms with E-state index in [1.807, 2.05) is 0 Å². The minimum absolute atomic E-state index is 0.0805. The Bertz CT molecular complexity index is 597. The molecular formula is C14H12ClFN2O2. The van der Waals surface area contributed by atoms with Crippen molar-refractivity contribution in [3.8, 4) is 6.07 Å². The molecule has 1 amide bonds. The van der Waals surface area contributed by atoms with E-state index in [0.717, 1.165) is 0 Å². The lowest BCUT2D eigenvalue weighted by atomic mass is 9.91. The average molecular weight is 295 g/mol. The molecule has 1 heterocycles. The molecule has 2 rings (SSSR count). The van der Waals surface area contributed by atoms with Crippen molar-refractivity contribution in [1.29, 1.82) is 5.26 Å². The zero-order valence-electron chi connectivity index (χ0n) is 10.6. The maximum absolute atomic E-state index is 13.8. The minimum Gasteiger partial charge on any atom is -0.309 e. The molecule has 1 aliphatic rings. The van der Waals surface area contributed by atoms with E-state index in [9.17, 15) is 14.0 Å². The van der Waals surface area contributed by atoms with E-state index in [1.54, 1.807) is 6.07 Å². The van der Waals surface area contributed by atoms with E-state index >= 15 is 0 Å². The Balaban J connectivity index is 2.29. The van der Waals surface area contributed by atoms with Crippen molar-refractivity contribution in [3.05, 3.63) is 29.0 Å². The number of hydrogen-bond donors (Lipinski definition) is 0. The number of ketones is 1.